The van der Waals surface area contributed by atoms with Crippen LogP contribution in [0.2, 0.25) is 0 Å². The topological polar surface area (TPSA) is 90.5 Å². The number of rotatable bonds is 5. The lowest BCUT2D eigenvalue weighted by atomic mass is 10.1. The lowest BCUT2D eigenvalue weighted by Crippen LogP contribution is -2.16. The standard InChI is InChI=1S/C25H24FN7O/c1-14-8-23-30-31-24(33(23)11-14)19-4-3-5-22(28-19)29-25(34)17-10-21(15(2)9-18(17)26)32-12-20(27-13-32)16-6-7-16/h3-5,9-10,12-14,16H,6-8,11H2,1-2H3,(H,28,29,34)/t14-/m0/s1. The smallest absolute Gasteiger partial charge is 0.259 e. The van der Waals surface area contributed by atoms with Crippen molar-refractivity contribution < 1.29 is 9.18 Å². The first-order valence-electron chi connectivity index (χ1n) is 11.5. The quantitative estimate of drug-likeness (QED) is 0.483. The van der Waals surface area contributed by atoms with Gasteiger partial charge in [-0.15, -0.1) is 10.2 Å². The fourth-order valence-corrected chi connectivity index (χ4v) is 4.54. The summed E-state index contributed by atoms with van der Waals surface area (Å²) in [5.74, 6) is 1.81. The molecule has 1 aliphatic heterocycles. The van der Waals surface area contributed by atoms with E-state index in [4.69, 9.17) is 0 Å². The second-order valence-electron chi connectivity index (χ2n) is 9.32. The number of hydrogen-bond acceptors (Lipinski definition) is 5. The summed E-state index contributed by atoms with van der Waals surface area (Å²) < 4.78 is 18.7. The zero-order chi connectivity index (χ0) is 23.4. The maximum atomic E-state index is 14.8. The Morgan fingerprint density at radius 3 is 2.88 bits per heavy atom. The van der Waals surface area contributed by atoms with Gasteiger partial charge in [0.05, 0.1) is 23.3 Å². The minimum Gasteiger partial charge on any atom is -0.309 e. The molecule has 1 amide bonds. The molecule has 1 fully saturated rings. The van der Waals surface area contributed by atoms with E-state index >= 15 is 0 Å². The van der Waals surface area contributed by atoms with Crippen molar-refractivity contribution in [2.24, 2.45) is 5.92 Å². The first-order chi connectivity index (χ1) is 16.5. The molecule has 3 aromatic heterocycles. The number of carbonyl (C=O) groups excluding carboxylic acids is 1. The van der Waals surface area contributed by atoms with E-state index in [0.717, 1.165) is 48.6 Å². The molecular weight excluding hydrogens is 433 g/mol. The minimum absolute atomic E-state index is 0.0494. The van der Waals surface area contributed by atoms with Crippen LogP contribution in [0.15, 0.2) is 42.9 Å². The van der Waals surface area contributed by atoms with Crippen molar-refractivity contribution in [2.45, 2.75) is 45.6 Å². The molecule has 0 saturated heterocycles. The van der Waals surface area contributed by atoms with Gasteiger partial charge in [-0.3, -0.25) is 4.79 Å². The second kappa shape index (κ2) is 7.86. The van der Waals surface area contributed by atoms with Gasteiger partial charge in [0.2, 0.25) is 0 Å². The molecule has 0 bridgehead atoms. The number of hydrogen-bond donors (Lipinski definition) is 1. The van der Waals surface area contributed by atoms with Crippen molar-refractivity contribution in [2.75, 3.05) is 5.32 Å². The summed E-state index contributed by atoms with van der Waals surface area (Å²) in [6.45, 7) is 4.83. The molecule has 34 heavy (non-hydrogen) atoms. The predicted octanol–water partition coefficient (Wildman–Crippen LogP) is 4.30. The average molecular weight is 458 g/mol. The van der Waals surface area contributed by atoms with Crippen LogP contribution in [-0.4, -0.2) is 35.2 Å². The number of pyridine rings is 1. The molecule has 0 spiro atoms. The number of benzene rings is 1. The summed E-state index contributed by atoms with van der Waals surface area (Å²) in [5.41, 5.74) is 3.04. The lowest BCUT2D eigenvalue weighted by Gasteiger charge is -2.12. The molecule has 1 aliphatic carbocycles. The highest BCUT2D eigenvalue weighted by atomic mass is 19.1. The number of carbonyl (C=O) groups is 1. The Balaban J connectivity index is 1.27. The second-order valence-corrected chi connectivity index (χ2v) is 9.32. The van der Waals surface area contributed by atoms with Crippen molar-refractivity contribution >= 4 is 11.7 Å². The Hall–Kier alpha value is -3.88. The number of nitrogens with zero attached hydrogens (tertiary/aromatic N) is 6. The molecule has 1 saturated carbocycles. The Morgan fingerprint density at radius 2 is 2.06 bits per heavy atom. The summed E-state index contributed by atoms with van der Waals surface area (Å²) in [6.07, 6.45) is 6.87. The van der Waals surface area contributed by atoms with Gasteiger partial charge in [-0.05, 0) is 55.5 Å². The number of amides is 1. The molecule has 0 radical (unpaired) electrons. The van der Waals surface area contributed by atoms with E-state index in [1.807, 2.05) is 23.8 Å². The third kappa shape index (κ3) is 3.67. The molecular formula is C25H24FN7O. The average Bonchev–Trinajstić information content (AvgIpc) is 3.23. The van der Waals surface area contributed by atoms with Crippen LogP contribution in [0.5, 0.6) is 0 Å². The fraction of sp³-hybridized carbons (Fsp3) is 0.320. The van der Waals surface area contributed by atoms with Crippen LogP contribution in [0.3, 0.4) is 0 Å². The van der Waals surface area contributed by atoms with Crippen LogP contribution < -0.4 is 5.32 Å². The van der Waals surface area contributed by atoms with E-state index in [9.17, 15) is 9.18 Å². The van der Waals surface area contributed by atoms with Crippen LogP contribution in [0.1, 0.15) is 53.1 Å². The Kier molecular flexibility index (Phi) is 4.79. The lowest BCUT2D eigenvalue weighted by molar-refractivity contribution is 0.102. The number of aromatic nitrogens is 6. The molecule has 2 aliphatic rings. The molecule has 1 N–H and O–H groups in total. The molecule has 172 valence electrons. The van der Waals surface area contributed by atoms with Crippen LogP contribution in [-0.2, 0) is 13.0 Å². The number of fused-ring (bicyclic) bond motifs is 1. The molecule has 4 heterocycles. The summed E-state index contributed by atoms with van der Waals surface area (Å²) in [6, 6.07) is 8.24. The van der Waals surface area contributed by atoms with E-state index in [-0.39, 0.29) is 5.56 Å². The molecule has 8 nitrogen and oxygen atoms in total. The number of nitrogens with one attached hydrogen (secondary N) is 1. The van der Waals surface area contributed by atoms with Crippen LogP contribution in [0.4, 0.5) is 10.2 Å². The van der Waals surface area contributed by atoms with E-state index in [2.05, 4.69) is 37.0 Å². The van der Waals surface area contributed by atoms with Gasteiger partial charge in [0.25, 0.3) is 5.91 Å². The minimum atomic E-state index is -0.582. The number of halogens is 1. The van der Waals surface area contributed by atoms with Gasteiger partial charge in [-0.1, -0.05) is 13.0 Å². The summed E-state index contributed by atoms with van der Waals surface area (Å²) in [5, 5.41) is 11.3. The van der Waals surface area contributed by atoms with E-state index in [0.29, 0.717) is 29.2 Å². The third-order valence-electron chi connectivity index (χ3n) is 6.48. The Morgan fingerprint density at radius 1 is 1.21 bits per heavy atom. The Labute approximate surface area is 195 Å². The first-order valence-corrected chi connectivity index (χ1v) is 11.5. The van der Waals surface area contributed by atoms with Gasteiger partial charge in [0, 0.05) is 25.1 Å². The highest BCUT2D eigenvalue weighted by molar-refractivity contribution is 6.04. The fourth-order valence-electron chi connectivity index (χ4n) is 4.54. The van der Waals surface area contributed by atoms with Crippen LogP contribution >= 0.6 is 0 Å². The molecule has 1 atom stereocenters. The monoisotopic (exact) mass is 457 g/mol. The van der Waals surface area contributed by atoms with Crippen molar-refractivity contribution in [3.05, 3.63) is 71.3 Å². The van der Waals surface area contributed by atoms with Gasteiger partial charge in [-0.25, -0.2) is 14.4 Å². The van der Waals surface area contributed by atoms with Gasteiger partial charge in [0.1, 0.15) is 23.2 Å². The Bertz CT molecular complexity index is 1420. The highest BCUT2D eigenvalue weighted by Crippen LogP contribution is 2.39. The predicted molar refractivity (Wildman–Crippen MR) is 124 cm³/mol. The SMILES string of the molecule is Cc1cc(F)c(C(=O)Nc2cccc(-c3nnc4n3C[C@@H](C)C4)n2)cc1-n1cnc(C2CC2)c1. The number of imidazole rings is 1. The highest BCUT2D eigenvalue weighted by Gasteiger charge is 2.27. The van der Waals surface area contributed by atoms with Gasteiger partial charge < -0.3 is 14.5 Å². The van der Waals surface area contributed by atoms with Crippen molar-refractivity contribution in [3.8, 4) is 17.2 Å². The summed E-state index contributed by atoms with van der Waals surface area (Å²) in [4.78, 5) is 22.0. The van der Waals surface area contributed by atoms with E-state index in [1.165, 1.54) is 6.07 Å². The third-order valence-corrected chi connectivity index (χ3v) is 6.48. The van der Waals surface area contributed by atoms with Crippen molar-refractivity contribution in [1.82, 2.24) is 29.3 Å². The van der Waals surface area contributed by atoms with Crippen molar-refractivity contribution in [3.63, 3.8) is 0 Å². The zero-order valence-electron chi connectivity index (χ0n) is 19.0. The number of anilines is 1. The van der Waals surface area contributed by atoms with Gasteiger partial charge >= 0.3 is 0 Å². The molecule has 6 rings (SSSR count). The van der Waals surface area contributed by atoms with Crippen LogP contribution in [0.25, 0.3) is 17.2 Å². The summed E-state index contributed by atoms with van der Waals surface area (Å²) in [7, 11) is 0. The summed E-state index contributed by atoms with van der Waals surface area (Å²) >= 11 is 0. The zero-order valence-corrected chi connectivity index (χ0v) is 19.0. The molecule has 4 aromatic rings. The van der Waals surface area contributed by atoms with Gasteiger partial charge in [-0.2, -0.15) is 0 Å². The molecule has 1 aromatic carbocycles. The van der Waals surface area contributed by atoms with Gasteiger partial charge in [0.15, 0.2) is 5.82 Å². The number of aryl methyl sites for hydroxylation is 1. The first kappa shape index (κ1) is 20.7. The molecule has 9 heteroatoms. The largest absolute Gasteiger partial charge is 0.309 e. The van der Waals surface area contributed by atoms with Crippen molar-refractivity contribution in [1.29, 1.82) is 0 Å². The maximum absolute atomic E-state index is 14.8. The molecule has 0 unspecified atom stereocenters. The maximum Gasteiger partial charge on any atom is 0.259 e. The van der Waals surface area contributed by atoms with Crippen LogP contribution in [0, 0.1) is 18.7 Å². The normalized spacial score (nSPS) is 17.1. The van der Waals surface area contributed by atoms with E-state index < -0.39 is 11.7 Å². The van der Waals surface area contributed by atoms with E-state index in [1.54, 1.807) is 24.5 Å².